The minimum absolute atomic E-state index is 0.0863. The topological polar surface area (TPSA) is 63.6 Å². The average molecular weight is 272 g/mol. The van der Waals surface area contributed by atoms with Gasteiger partial charge in [-0.25, -0.2) is 8.42 Å². The fourth-order valence-corrected chi connectivity index (χ4v) is 3.14. The van der Waals surface area contributed by atoms with Gasteiger partial charge in [-0.2, -0.15) is 0 Å². The van der Waals surface area contributed by atoms with Crippen molar-refractivity contribution in [2.24, 2.45) is 0 Å². The van der Waals surface area contributed by atoms with E-state index in [1.165, 1.54) is 26.2 Å². The van der Waals surface area contributed by atoms with E-state index in [4.69, 9.17) is 4.74 Å². The largest absolute Gasteiger partial charge is 0.375 e. The summed E-state index contributed by atoms with van der Waals surface area (Å²) in [6.45, 7) is 6.21. The van der Waals surface area contributed by atoms with Gasteiger partial charge in [-0.3, -0.25) is 0 Å². The van der Waals surface area contributed by atoms with Crippen molar-refractivity contribution in [1.29, 1.82) is 0 Å². The second-order valence-electron chi connectivity index (χ2n) is 5.01. The third-order valence-electron chi connectivity index (χ3n) is 3.48. The van der Waals surface area contributed by atoms with E-state index in [9.17, 15) is 13.5 Å². The maximum atomic E-state index is 12.4. The molecular formula is C13H20O4S. The van der Waals surface area contributed by atoms with Crippen LogP contribution >= 0.6 is 0 Å². The molecule has 1 aromatic carbocycles. The molecule has 0 saturated carbocycles. The smallest absolute Gasteiger partial charge is 0.210 e. The highest BCUT2D eigenvalue weighted by atomic mass is 32.2. The molecule has 4 nitrogen and oxygen atoms in total. The van der Waals surface area contributed by atoms with Gasteiger partial charge in [0.1, 0.15) is 5.60 Å². The molecule has 1 rings (SSSR count). The number of ether oxygens (including phenoxy) is 1. The van der Waals surface area contributed by atoms with Crippen LogP contribution in [0.3, 0.4) is 0 Å². The minimum Gasteiger partial charge on any atom is -0.375 e. The quantitative estimate of drug-likeness (QED) is 0.909. The lowest BCUT2D eigenvalue weighted by Gasteiger charge is -2.37. The Morgan fingerprint density at radius 2 is 1.56 bits per heavy atom. The Balaban J connectivity index is 3.34. The molecule has 0 aliphatic rings. The molecule has 0 heterocycles. The highest BCUT2D eigenvalue weighted by Crippen LogP contribution is 2.34. The summed E-state index contributed by atoms with van der Waals surface area (Å²) in [6, 6.07) is 6.38. The molecule has 1 N–H and O–H groups in total. The Kier molecular flexibility index (Phi) is 3.91. The van der Waals surface area contributed by atoms with E-state index < -0.39 is 20.4 Å². The zero-order valence-electron chi connectivity index (χ0n) is 11.4. The van der Waals surface area contributed by atoms with Gasteiger partial charge in [-0.05, 0) is 39.8 Å². The molecular weight excluding hydrogens is 252 g/mol. The lowest BCUT2D eigenvalue weighted by molar-refractivity contribution is -0.0931. The number of benzene rings is 1. The molecule has 1 aromatic rings. The molecule has 1 atom stereocenters. The highest BCUT2D eigenvalue weighted by molar-refractivity contribution is 7.92. The van der Waals surface area contributed by atoms with Crippen LogP contribution < -0.4 is 0 Å². The van der Waals surface area contributed by atoms with Gasteiger partial charge in [0.05, 0.1) is 4.90 Å². The Morgan fingerprint density at radius 1 is 1.11 bits per heavy atom. The molecule has 5 heteroatoms. The number of hydrogen-bond acceptors (Lipinski definition) is 4. The molecule has 0 aromatic heterocycles. The van der Waals surface area contributed by atoms with Crippen LogP contribution in [0.1, 0.15) is 26.3 Å². The number of methoxy groups -OCH3 is 1. The predicted octanol–water partition coefficient (Wildman–Crippen LogP) is 1.90. The molecule has 0 radical (unpaired) electrons. The van der Waals surface area contributed by atoms with Crippen molar-refractivity contribution in [3.05, 3.63) is 29.8 Å². The zero-order chi connectivity index (χ0) is 14.2. The molecule has 0 spiro atoms. The van der Waals surface area contributed by atoms with Gasteiger partial charge in [-0.15, -0.1) is 0 Å². The van der Waals surface area contributed by atoms with Crippen LogP contribution in [0, 0.1) is 6.92 Å². The first-order valence-corrected chi connectivity index (χ1v) is 7.13. The van der Waals surface area contributed by atoms with Crippen molar-refractivity contribution in [3.63, 3.8) is 0 Å². The second kappa shape index (κ2) is 4.64. The molecule has 0 saturated heterocycles. The number of aryl methyl sites for hydroxylation is 1. The summed E-state index contributed by atoms with van der Waals surface area (Å²) >= 11 is 0. The van der Waals surface area contributed by atoms with Gasteiger partial charge in [-0.1, -0.05) is 17.7 Å². The molecule has 0 bridgehead atoms. The molecule has 0 amide bonds. The number of rotatable bonds is 4. The van der Waals surface area contributed by atoms with Crippen LogP contribution in [0.25, 0.3) is 0 Å². The fourth-order valence-electron chi connectivity index (χ4n) is 1.46. The third-order valence-corrected chi connectivity index (χ3v) is 5.91. The molecule has 102 valence electrons. The number of aliphatic hydroxyl groups is 1. The van der Waals surface area contributed by atoms with Crippen molar-refractivity contribution in [2.45, 2.75) is 43.1 Å². The lowest BCUT2D eigenvalue weighted by atomic mass is 10.0. The Labute approximate surface area is 109 Å². The van der Waals surface area contributed by atoms with E-state index in [1.54, 1.807) is 26.0 Å². The lowest BCUT2D eigenvalue weighted by Crippen LogP contribution is -2.54. The normalized spacial score (nSPS) is 16.3. The van der Waals surface area contributed by atoms with Crippen LogP contribution in [-0.4, -0.2) is 31.2 Å². The minimum atomic E-state index is -3.89. The first-order chi connectivity index (χ1) is 8.06. The summed E-state index contributed by atoms with van der Waals surface area (Å²) in [5.74, 6) is 0. The predicted molar refractivity (Wildman–Crippen MR) is 70.1 cm³/mol. The van der Waals surface area contributed by atoms with Crippen LogP contribution in [-0.2, 0) is 14.6 Å². The van der Waals surface area contributed by atoms with Crippen LogP contribution in [0.15, 0.2) is 29.2 Å². The maximum Gasteiger partial charge on any atom is 0.210 e. The van der Waals surface area contributed by atoms with Gasteiger partial charge in [0.25, 0.3) is 0 Å². The first kappa shape index (κ1) is 15.1. The van der Waals surface area contributed by atoms with Crippen molar-refractivity contribution < 1.29 is 18.3 Å². The van der Waals surface area contributed by atoms with Crippen LogP contribution in [0.2, 0.25) is 0 Å². The summed E-state index contributed by atoms with van der Waals surface area (Å²) in [5, 5.41) is 10.4. The molecule has 0 fully saturated rings. The molecule has 18 heavy (non-hydrogen) atoms. The van der Waals surface area contributed by atoms with Crippen molar-refractivity contribution >= 4 is 9.84 Å². The maximum absolute atomic E-state index is 12.4. The summed E-state index contributed by atoms with van der Waals surface area (Å²) in [4.78, 5) is -1.92. The van der Waals surface area contributed by atoms with Crippen molar-refractivity contribution in [2.75, 3.05) is 7.11 Å². The van der Waals surface area contributed by atoms with E-state index in [0.29, 0.717) is 0 Å². The summed E-state index contributed by atoms with van der Waals surface area (Å²) in [6.07, 6.45) is 0. The van der Waals surface area contributed by atoms with Crippen LogP contribution in [0.5, 0.6) is 0 Å². The van der Waals surface area contributed by atoms with E-state index in [2.05, 4.69) is 0 Å². The van der Waals surface area contributed by atoms with E-state index in [1.807, 2.05) is 6.92 Å². The molecule has 0 aliphatic heterocycles. The number of sulfone groups is 1. The van der Waals surface area contributed by atoms with Gasteiger partial charge in [0.2, 0.25) is 9.84 Å². The van der Waals surface area contributed by atoms with Gasteiger partial charge < -0.3 is 9.84 Å². The first-order valence-electron chi connectivity index (χ1n) is 5.65. The number of hydrogen-bond donors (Lipinski definition) is 1. The second-order valence-corrected chi connectivity index (χ2v) is 7.29. The third kappa shape index (κ3) is 2.30. The Morgan fingerprint density at radius 3 is 1.94 bits per heavy atom. The van der Waals surface area contributed by atoms with Crippen molar-refractivity contribution in [1.82, 2.24) is 0 Å². The standard InChI is InChI=1S/C13H20O4S/c1-10-6-8-11(9-7-10)18(15,16)13(4,14)12(2,3)17-5/h6-9,14H,1-5H3. The monoisotopic (exact) mass is 272 g/mol. The van der Waals surface area contributed by atoms with Gasteiger partial charge in [0, 0.05) is 7.11 Å². The van der Waals surface area contributed by atoms with Gasteiger partial charge >= 0.3 is 0 Å². The van der Waals surface area contributed by atoms with Crippen molar-refractivity contribution in [3.8, 4) is 0 Å². The fraction of sp³-hybridized carbons (Fsp3) is 0.538. The Hall–Kier alpha value is -0.910. The molecule has 1 unspecified atom stereocenters. The SMILES string of the molecule is COC(C)(C)C(C)(O)S(=O)(=O)c1ccc(C)cc1. The molecule has 0 aliphatic carbocycles. The summed E-state index contributed by atoms with van der Waals surface area (Å²) in [5.41, 5.74) is -0.254. The zero-order valence-corrected chi connectivity index (χ0v) is 12.2. The highest BCUT2D eigenvalue weighted by Gasteiger charge is 2.51. The summed E-state index contributed by atoms with van der Waals surface area (Å²) < 4.78 is 30.0. The van der Waals surface area contributed by atoms with Gasteiger partial charge in [0.15, 0.2) is 4.93 Å². The van der Waals surface area contributed by atoms with E-state index in [0.717, 1.165) is 5.56 Å². The van der Waals surface area contributed by atoms with Crippen LogP contribution in [0.4, 0.5) is 0 Å². The summed E-state index contributed by atoms with van der Waals surface area (Å²) in [7, 11) is -2.52. The van der Waals surface area contributed by atoms with E-state index in [-0.39, 0.29) is 4.90 Å². The van der Waals surface area contributed by atoms with E-state index >= 15 is 0 Å². The average Bonchev–Trinajstić information content (AvgIpc) is 2.29. The Bertz CT molecular complexity index is 512.